The molecule has 0 aliphatic rings. The second-order valence-corrected chi connectivity index (χ2v) is 7.41. The lowest BCUT2D eigenvalue weighted by Crippen LogP contribution is -2.21. The number of carbonyl (C=O) groups is 2. The standard InChI is InChI=1S/C19H18ClF3N2O4S/c1-3-30-15-6-4-5-14(29-10-16(26)28-2)17(15)25-18(27)24-11-7-8-13(20)12(9-11)19(21,22)23/h4-9H,3,10H2,1-2H3,(H2,24,25,27). The molecule has 0 aliphatic carbocycles. The van der Waals surface area contributed by atoms with Crippen LogP contribution in [0, 0.1) is 0 Å². The molecular weight excluding hydrogens is 445 g/mol. The summed E-state index contributed by atoms with van der Waals surface area (Å²) in [6, 6.07) is 7.20. The number of rotatable bonds is 7. The third kappa shape index (κ3) is 6.46. The number of thioether (sulfide) groups is 1. The summed E-state index contributed by atoms with van der Waals surface area (Å²) >= 11 is 7.00. The third-order valence-corrected chi connectivity index (χ3v) is 4.90. The highest BCUT2D eigenvalue weighted by Crippen LogP contribution is 2.37. The van der Waals surface area contributed by atoms with Gasteiger partial charge in [-0.2, -0.15) is 13.2 Å². The summed E-state index contributed by atoms with van der Waals surface area (Å²) in [5.74, 6) is 0.281. The molecule has 2 aromatic carbocycles. The van der Waals surface area contributed by atoms with Crippen LogP contribution in [0.25, 0.3) is 0 Å². The molecule has 30 heavy (non-hydrogen) atoms. The monoisotopic (exact) mass is 462 g/mol. The van der Waals surface area contributed by atoms with Crippen molar-refractivity contribution in [1.82, 2.24) is 0 Å². The number of methoxy groups -OCH3 is 1. The molecule has 0 bridgehead atoms. The Balaban J connectivity index is 2.24. The van der Waals surface area contributed by atoms with Gasteiger partial charge in [0.05, 0.1) is 23.4 Å². The van der Waals surface area contributed by atoms with Crippen LogP contribution in [0.15, 0.2) is 41.3 Å². The summed E-state index contributed by atoms with van der Waals surface area (Å²) in [5.41, 5.74) is -0.886. The van der Waals surface area contributed by atoms with Crippen LogP contribution in [-0.4, -0.2) is 31.5 Å². The third-order valence-electron chi connectivity index (χ3n) is 3.63. The van der Waals surface area contributed by atoms with Gasteiger partial charge in [-0.25, -0.2) is 9.59 Å². The van der Waals surface area contributed by atoms with Gasteiger partial charge in [0.1, 0.15) is 5.75 Å². The fourth-order valence-corrected chi connectivity index (χ4v) is 3.33. The smallest absolute Gasteiger partial charge is 0.417 e. The van der Waals surface area contributed by atoms with Crippen LogP contribution < -0.4 is 15.4 Å². The largest absolute Gasteiger partial charge is 0.480 e. The predicted molar refractivity (Wildman–Crippen MR) is 109 cm³/mol. The molecule has 2 N–H and O–H groups in total. The quantitative estimate of drug-likeness (QED) is 0.409. The van der Waals surface area contributed by atoms with E-state index in [0.29, 0.717) is 10.6 Å². The molecule has 0 saturated carbocycles. The number of hydrogen-bond acceptors (Lipinski definition) is 5. The number of hydrogen-bond donors (Lipinski definition) is 2. The lowest BCUT2D eigenvalue weighted by atomic mass is 10.2. The van der Waals surface area contributed by atoms with Crippen molar-refractivity contribution in [1.29, 1.82) is 0 Å². The molecule has 0 atom stereocenters. The fourth-order valence-electron chi connectivity index (χ4n) is 2.32. The van der Waals surface area contributed by atoms with Crippen LogP contribution in [-0.2, 0) is 15.7 Å². The lowest BCUT2D eigenvalue weighted by Gasteiger charge is -2.16. The maximum absolute atomic E-state index is 13.0. The molecule has 11 heteroatoms. The Morgan fingerprint density at radius 3 is 2.53 bits per heavy atom. The van der Waals surface area contributed by atoms with Crippen molar-refractivity contribution in [3.8, 4) is 5.75 Å². The van der Waals surface area contributed by atoms with Crippen molar-refractivity contribution in [3.63, 3.8) is 0 Å². The SMILES string of the molecule is CCSc1cccc(OCC(=O)OC)c1NC(=O)Nc1ccc(Cl)c(C(F)(F)F)c1. The summed E-state index contributed by atoms with van der Waals surface area (Å²) in [4.78, 5) is 24.4. The summed E-state index contributed by atoms with van der Waals surface area (Å²) < 4.78 is 49.0. The molecular formula is C19H18ClF3N2O4S. The molecule has 0 unspecified atom stereocenters. The number of benzene rings is 2. The number of esters is 1. The molecule has 0 spiro atoms. The minimum atomic E-state index is -4.66. The van der Waals surface area contributed by atoms with Gasteiger partial charge in [-0.3, -0.25) is 0 Å². The van der Waals surface area contributed by atoms with Crippen LogP contribution in [0.4, 0.5) is 29.3 Å². The van der Waals surface area contributed by atoms with E-state index >= 15 is 0 Å². The number of carbonyl (C=O) groups excluding carboxylic acids is 2. The first-order chi connectivity index (χ1) is 14.2. The van der Waals surface area contributed by atoms with E-state index in [9.17, 15) is 22.8 Å². The minimum Gasteiger partial charge on any atom is -0.480 e. The zero-order chi connectivity index (χ0) is 22.3. The number of amides is 2. The zero-order valence-corrected chi connectivity index (χ0v) is 17.5. The Hall–Kier alpha value is -2.59. The Morgan fingerprint density at radius 2 is 1.90 bits per heavy atom. The molecule has 0 aromatic heterocycles. The molecule has 0 aliphatic heterocycles. The molecule has 2 rings (SSSR count). The number of ether oxygens (including phenoxy) is 2. The van der Waals surface area contributed by atoms with Gasteiger partial charge >= 0.3 is 18.2 Å². The summed E-state index contributed by atoms with van der Waals surface area (Å²) in [6.07, 6.45) is -4.66. The van der Waals surface area contributed by atoms with Gasteiger partial charge in [-0.1, -0.05) is 24.6 Å². The number of alkyl halides is 3. The first-order valence-corrected chi connectivity index (χ1v) is 9.92. The normalized spacial score (nSPS) is 11.0. The number of para-hydroxylation sites is 1. The van der Waals surface area contributed by atoms with Crippen molar-refractivity contribution in [3.05, 3.63) is 47.0 Å². The van der Waals surface area contributed by atoms with Crippen LogP contribution in [0.2, 0.25) is 5.02 Å². The van der Waals surface area contributed by atoms with Gasteiger partial charge in [-0.15, -0.1) is 11.8 Å². The van der Waals surface area contributed by atoms with Crippen molar-refractivity contribution >= 4 is 46.7 Å². The maximum atomic E-state index is 13.0. The molecule has 0 radical (unpaired) electrons. The Bertz CT molecular complexity index is 925. The van der Waals surface area contributed by atoms with Crippen LogP contribution >= 0.6 is 23.4 Å². The van der Waals surface area contributed by atoms with E-state index in [2.05, 4.69) is 15.4 Å². The highest BCUT2D eigenvalue weighted by Gasteiger charge is 2.33. The average Bonchev–Trinajstić information content (AvgIpc) is 2.68. The molecule has 0 saturated heterocycles. The highest BCUT2D eigenvalue weighted by atomic mass is 35.5. The van der Waals surface area contributed by atoms with Gasteiger partial charge in [0.25, 0.3) is 0 Å². The van der Waals surface area contributed by atoms with Crippen molar-refractivity contribution in [2.75, 3.05) is 30.1 Å². The topological polar surface area (TPSA) is 76.7 Å². The summed E-state index contributed by atoms with van der Waals surface area (Å²) in [7, 11) is 1.21. The lowest BCUT2D eigenvalue weighted by molar-refractivity contribution is -0.143. The van der Waals surface area contributed by atoms with Crippen molar-refractivity contribution < 1.29 is 32.2 Å². The number of urea groups is 1. The first kappa shape index (κ1) is 23.7. The second-order valence-electron chi connectivity index (χ2n) is 5.70. The number of halogens is 4. The Labute approximate surface area is 180 Å². The van der Waals surface area contributed by atoms with Gasteiger partial charge in [0.15, 0.2) is 6.61 Å². The van der Waals surface area contributed by atoms with Crippen LogP contribution in [0.1, 0.15) is 12.5 Å². The maximum Gasteiger partial charge on any atom is 0.417 e. The molecule has 2 aromatic rings. The van der Waals surface area contributed by atoms with Crippen molar-refractivity contribution in [2.45, 2.75) is 18.0 Å². The zero-order valence-electron chi connectivity index (χ0n) is 15.9. The Morgan fingerprint density at radius 1 is 1.17 bits per heavy atom. The fraction of sp³-hybridized carbons (Fsp3) is 0.263. The first-order valence-electron chi connectivity index (χ1n) is 8.55. The van der Waals surface area contributed by atoms with E-state index in [1.54, 1.807) is 18.2 Å². The summed E-state index contributed by atoms with van der Waals surface area (Å²) in [6.45, 7) is 1.53. The van der Waals surface area contributed by atoms with E-state index in [4.69, 9.17) is 16.3 Å². The van der Waals surface area contributed by atoms with E-state index < -0.39 is 28.8 Å². The molecule has 0 fully saturated rings. The minimum absolute atomic E-state index is 0.0955. The van der Waals surface area contributed by atoms with Crippen LogP contribution in [0.5, 0.6) is 5.75 Å². The average molecular weight is 463 g/mol. The molecule has 6 nitrogen and oxygen atoms in total. The van der Waals surface area contributed by atoms with E-state index in [0.717, 1.165) is 12.1 Å². The van der Waals surface area contributed by atoms with Gasteiger partial charge < -0.3 is 20.1 Å². The van der Waals surface area contributed by atoms with Crippen LogP contribution in [0.3, 0.4) is 0 Å². The molecule has 0 heterocycles. The Kier molecular flexibility index (Phi) is 8.24. The highest BCUT2D eigenvalue weighted by molar-refractivity contribution is 7.99. The number of anilines is 2. The van der Waals surface area contributed by atoms with E-state index in [-0.39, 0.29) is 23.7 Å². The molecule has 2 amide bonds. The predicted octanol–water partition coefficient (Wildman–Crippen LogP) is 5.67. The van der Waals surface area contributed by atoms with E-state index in [1.165, 1.54) is 24.9 Å². The van der Waals surface area contributed by atoms with Gasteiger partial charge in [0, 0.05) is 10.6 Å². The van der Waals surface area contributed by atoms with Crippen molar-refractivity contribution in [2.24, 2.45) is 0 Å². The number of nitrogens with one attached hydrogen (secondary N) is 2. The second kappa shape index (κ2) is 10.4. The molecule has 162 valence electrons. The van der Waals surface area contributed by atoms with Gasteiger partial charge in [-0.05, 0) is 36.1 Å². The summed E-state index contributed by atoms with van der Waals surface area (Å²) in [5, 5.41) is 4.43. The van der Waals surface area contributed by atoms with E-state index in [1.807, 2.05) is 6.92 Å². The van der Waals surface area contributed by atoms with Gasteiger partial charge in [0.2, 0.25) is 0 Å².